The maximum atomic E-state index is 12.9. The first-order chi connectivity index (χ1) is 41.6. The standard InChI is InChI=1S/C76H131NO8/c1-6-8-10-12-14-16-18-20-22-24-26-28-30-32-33-34-35-36-37-38-39-40-41-43-45-47-49-51-53-55-57-59-61-63-65-67-74(79)85-72(71-84-76(75(80)81)82-69-68-77(3,4)5)70-83-73(78)66-64-62-60-58-56-54-52-50-48-46-44-42-31-29-27-25-23-21-19-17-15-13-11-9-7-2/h8,10,14,16,20,22,25-28,32-33,35-36,38-39,41,43,72,76H,6-7,9,11-13,15,17-19,21,23-24,29-31,34,37,40,42,44-71H2,1-5H3/p+1/b10-8-,16-14-,22-20-,27-25-,28-26-,33-32-,36-35-,39-38-,43-41-. The van der Waals surface area contributed by atoms with E-state index in [1.165, 1.54) is 167 Å². The Bertz CT molecular complexity index is 1760. The quantitative estimate of drug-likeness (QED) is 0.0211. The fraction of sp³-hybridized carbons (Fsp3) is 0.724. The van der Waals surface area contributed by atoms with Gasteiger partial charge in [-0.1, -0.05) is 290 Å². The number of carboxylic acids is 1. The summed E-state index contributed by atoms with van der Waals surface area (Å²) in [5.74, 6) is -2.01. The van der Waals surface area contributed by atoms with Gasteiger partial charge in [-0.05, 0) is 103 Å². The van der Waals surface area contributed by atoms with Crippen molar-refractivity contribution in [3.8, 4) is 0 Å². The summed E-state index contributed by atoms with van der Waals surface area (Å²) in [5.41, 5.74) is 0. The van der Waals surface area contributed by atoms with Gasteiger partial charge in [0, 0.05) is 12.8 Å². The molecule has 0 aliphatic carbocycles. The molecule has 0 rings (SSSR count). The third-order valence-corrected chi connectivity index (χ3v) is 15.0. The van der Waals surface area contributed by atoms with Crippen molar-refractivity contribution in [2.75, 3.05) is 47.5 Å². The number of nitrogens with zero attached hydrogens (tertiary/aromatic N) is 1. The zero-order chi connectivity index (χ0) is 61.9. The maximum absolute atomic E-state index is 12.9. The molecule has 2 unspecified atom stereocenters. The minimum atomic E-state index is -1.52. The molecule has 0 aromatic heterocycles. The monoisotopic (exact) mass is 1190 g/mol. The van der Waals surface area contributed by atoms with E-state index in [2.05, 4.69) is 123 Å². The van der Waals surface area contributed by atoms with E-state index in [0.717, 1.165) is 96.3 Å². The minimum absolute atomic E-state index is 0.183. The average molecular weight is 1190 g/mol. The van der Waals surface area contributed by atoms with E-state index >= 15 is 0 Å². The van der Waals surface area contributed by atoms with Crippen molar-refractivity contribution in [3.05, 3.63) is 109 Å². The number of carboxylic acid groups (broad SMARTS) is 1. The Hall–Kier alpha value is -4.05. The van der Waals surface area contributed by atoms with E-state index in [0.29, 0.717) is 23.9 Å². The molecule has 0 aliphatic rings. The SMILES string of the molecule is CC/C=C\C/C=C\C/C=C\C/C=C\C/C=C\C/C=C\C/C=C\C/C=C\CCCCCCCCCCCCC(=O)OC(COC(=O)CCCCCCCCCCCCCCC/C=C\CCCCCCCCCC)COC(OCC[N+](C)(C)C)C(=O)O. The summed E-state index contributed by atoms with van der Waals surface area (Å²) in [5, 5.41) is 9.75. The molecule has 9 heteroatoms. The van der Waals surface area contributed by atoms with E-state index in [4.69, 9.17) is 18.9 Å². The number of esters is 2. The van der Waals surface area contributed by atoms with Gasteiger partial charge in [-0.3, -0.25) is 9.59 Å². The topological polar surface area (TPSA) is 108 Å². The lowest BCUT2D eigenvalue weighted by Gasteiger charge is -2.25. The molecule has 9 nitrogen and oxygen atoms in total. The molecule has 0 bridgehead atoms. The van der Waals surface area contributed by atoms with Crippen molar-refractivity contribution in [1.82, 2.24) is 0 Å². The number of unbranched alkanes of at least 4 members (excludes halogenated alkanes) is 31. The van der Waals surface area contributed by atoms with Crippen LogP contribution in [0.1, 0.15) is 296 Å². The van der Waals surface area contributed by atoms with Gasteiger partial charge in [0.15, 0.2) is 6.10 Å². The molecule has 0 amide bonds. The Kier molecular flexibility index (Phi) is 62.8. The van der Waals surface area contributed by atoms with Crippen molar-refractivity contribution in [1.29, 1.82) is 0 Å². The Morgan fingerprint density at radius 3 is 1.01 bits per heavy atom. The number of quaternary nitrogens is 1. The summed E-state index contributed by atoms with van der Waals surface area (Å²) in [6, 6.07) is 0. The van der Waals surface area contributed by atoms with Gasteiger partial charge in [0.05, 0.1) is 34.4 Å². The number of rotatable bonds is 64. The molecule has 2 atom stereocenters. The Labute approximate surface area is 524 Å². The second kappa shape index (κ2) is 65.9. The maximum Gasteiger partial charge on any atom is 0.361 e. The van der Waals surface area contributed by atoms with Gasteiger partial charge in [0.25, 0.3) is 6.29 Å². The highest BCUT2D eigenvalue weighted by molar-refractivity contribution is 5.71. The third kappa shape index (κ3) is 67.3. The summed E-state index contributed by atoms with van der Waals surface area (Å²) in [7, 11) is 5.97. The normalized spacial score (nSPS) is 13.4. The number of likely N-dealkylation sites (N-methyl/N-ethyl adjacent to an activating group) is 1. The fourth-order valence-corrected chi connectivity index (χ4v) is 9.67. The smallest absolute Gasteiger partial charge is 0.361 e. The van der Waals surface area contributed by atoms with E-state index in [-0.39, 0.29) is 32.2 Å². The minimum Gasteiger partial charge on any atom is -0.477 e. The van der Waals surface area contributed by atoms with Crippen LogP contribution < -0.4 is 0 Å². The van der Waals surface area contributed by atoms with E-state index in [1.807, 2.05) is 21.1 Å². The molecule has 0 aliphatic heterocycles. The molecule has 0 heterocycles. The first-order valence-corrected chi connectivity index (χ1v) is 35.1. The molecule has 0 saturated carbocycles. The highest BCUT2D eigenvalue weighted by atomic mass is 16.7. The zero-order valence-electron chi connectivity index (χ0n) is 55.7. The van der Waals surface area contributed by atoms with E-state index in [9.17, 15) is 19.5 Å². The molecular weight excluding hydrogens is 1050 g/mol. The molecule has 0 aromatic carbocycles. The van der Waals surface area contributed by atoms with Gasteiger partial charge in [0.1, 0.15) is 13.2 Å². The first kappa shape index (κ1) is 81.0. The van der Waals surface area contributed by atoms with Crippen molar-refractivity contribution in [3.63, 3.8) is 0 Å². The predicted molar refractivity (Wildman–Crippen MR) is 364 cm³/mol. The Balaban J connectivity index is 4.16. The van der Waals surface area contributed by atoms with Crippen LogP contribution in [0.4, 0.5) is 0 Å². The molecule has 0 aromatic rings. The molecule has 488 valence electrons. The van der Waals surface area contributed by atoms with Crippen molar-refractivity contribution in [2.45, 2.75) is 309 Å². The first-order valence-electron chi connectivity index (χ1n) is 35.1. The zero-order valence-corrected chi connectivity index (χ0v) is 55.7. The van der Waals surface area contributed by atoms with Crippen LogP contribution in [0.15, 0.2) is 109 Å². The molecule has 0 radical (unpaired) electrons. The molecule has 0 spiro atoms. The van der Waals surface area contributed by atoms with Crippen molar-refractivity contribution >= 4 is 17.9 Å². The van der Waals surface area contributed by atoms with Gasteiger partial charge in [0.2, 0.25) is 0 Å². The second-order valence-corrected chi connectivity index (χ2v) is 24.5. The Morgan fingerprint density at radius 2 is 0.671 bits per heavy atom. The lowest BCUT2D eigenvalue weighted by atomic mass is 10.0. The number of aliphatic carboxylic acids is 1. The van der Waals surface area contributed by atoms with Gasteiger partial charge in [-0.25, -0.2) is 4.79 Å². The number of allylic oxidation sites excluding steroid dienone is 18. The second-order valence-electron chi connectivity index (χ2n) is 24.5. The lowest BCUT2D eigenvalue weighted by Crippen LogP contribution is -2.40. The number of carbonyl (C=O) groups excluding carboxylic acids is 2. The van der Waals surface area contributed by atoms with Gasteiger partial charge in [-0.15, -0.1) is 0 Å². The van der Waals surface area contributed by atoms with Gasteiger partial charge < -0.3 is 28.5 Å². The van der Waals surface area contributed by atoms with Crippen LogP contribution in [0, 0.1) is 0 Å². The van der Waals surface area contributed by atoms with Crippen LogP contribution in [0.3, 0.4) is 0 Å². The van der Waals surface area contributed by atoms with Crippen LogP contribution in [0.2, 0.25) is 0 Å². The van der Waals surface area contributed by atoms with Crippen molar-refractivity contribution in [2.24, 2.45) is 0 Å². The van der Waals surface area contributed by atoms with E-state index < -0.39 is 24.3 Å². The largest absolute Gasteiger partial charge is 0.477 e. The number of hydrogen-bond donors (Lipinski definition) is 1. The molecule has 0 saturated heterocycles. The molecule has 0 fully saturated rings. The lowest BCUT2D eigenvalue weighted by molar-refractivity contribution is -0.870. The van der Waals surface area contributed by atoms with E-state index in [1.54, 1.807) is 0 Å². The fourth-order valence-electron chi connectivity index (χ4n) is 9.67. The van der Waals surface area contributed by atoms with Crippen LogP contribution in [0.25, 0.3) is 0 Å². The molecular formula is C76H132NO8+. The summed E-state index contributed by atoms with van der Waals surface area (Å²) >= 11 is 0. The molecule has 1 N–H and O–H groups in total. The summed E-state index contributed by atoms with van der Waals surface area (Å²) in [6.07, 6.45) is 89.1. The van der Waals surface area contributed by atoms with Crippen LogP contribution >= 0.6 is 0 Å². The number of ether oxygens (including phenoxy) is 4. The average Bonchev–Trinajstić information content (AvgIpc) is 3.48. The highest BCUT2D eigenvalue weighted by Gasteiger charge is 2.25. The summed E-state index contributed by atoms with van der Waals surface area (Å²) < 4.78 is 23.0. The van der Waals surface area contributed by atoms with Crippen LogP contribution in [-0.4, -0.2) is 87.4 Å². The van der Waals surface area contributed by atoms with Gasteiger partial charge >= 0.3 is 17.9 Å². The van der Waals surface area contributed by atoms with Gasteiger partial charge in [-0.2, -0.15) is 0 Å². The molecule has 85 heavy (non-hydrogen) atoms. The number of hydrogen-bond acceptors (Lipinski definition) is 7. The van der Waals surface area contributed by atoms with Crippen LogP contribution in [0.5, 0.6) is 0 Å². The Morgan fingerprint density at radius 1 is 0.365 bits per heavy atom. The predicted octanol–water partition coefficient (Wildman–Crippen LogP) is 21.8. The summed E-state index contributed by atoms with van der Waals surface area (Å²) in [4.78, 5) is 37.6. The van der Waals surface area contributed by atoms with Crippen molar-refractivity contribution < 1.29 is 42.9 Å². The highest BCUT2D eigenvalue weighted by Crippen LogP contribution is 2.17. The number of carbonyl (C=O) groups is 3. The van der Waals surface area contributed by atoms with Crippen LogP contribution in [-0.2, 0) is 33.3 Å². The summed E-state index contributed by atoms with van der Waals surface area (Å²) in [6.45, 7) is 4.78. The third-order valence-electron chi connectivity index (χ3n) is 15.0.